The topological polar surface area (TPSA) is 77.8 Å². The summed E-state index contributed by atoms with van der Waals surface area (Å²) >= 11 is 0. The van der Waals surface area contributed by atoms with E-state index in [9.17, 15) is 9.59 Å². The minimum Gasteiger partial charge on any atom is -0.492 e. The Morgan fingerprint density at radius 2 is 2.07 bits per heavy atom. The van der Waals surface area contributed by atoms with Crippen molar-refractivity contribution in [2.45, 2.75) is 53.1 Å². The van der Waals surface area contributed by atoms with Crippen LogP contribution in [0.5, 0.6) is 11.5 Å². The van der Waals surface area contributed by atoms with E-state index in [2.05, 4.69) is 5.32 Å². The second kappa shape index (κ2) is 7.86. The highest BCUT2D eigenvalue weighted by atomic mass is 16.5. The SMILES string of the molecule is CCOc1cc2c(cc1NC(=O)CCc1cc(C(C)=O)c(C)o1)OC(C)C2. The third-order valence-corrected chi connectivity index (χ3v) is 4.52. The monoisotopic (exact) mass is 371 g/mol. The summed E-state index contributed by atoms with van der Waals surface area (Å²) in [6, 6.07) is 5.47. The van der Waals surface area contributed by atoms with Gasteiger partial charge in [0.25, 0.3) is 0 Å². The Bertz CT molecular complexity index is 868. The molecule has 1 amide bonds. The number of ether oxygens (including phenoxy) is 2. The van der Waals surface area contributed by atoms with Crippen molar-refractivity contribution in [2.75, 3.05) is 11.9 Å². The normalized spacial score (nSPS) is 15.2. The molecule has 1 aliphatic rings. The molecule has 1 aromatic carbocycles. The second-order valence-electron chi connectivity index (χ2n) is 6.81. The van der Waals surface area contributed by atoms with Gasteiger partial charge >= 0.3 is 0 Å². The van der Waals surface area contributed by atoms with Crippen LogP contribution in [0.1, 0.15) is 54.6 Å². The third kappa shape index (κ3) is 4.32. The first-order valence-corrected chi connectivity index (χ1v) is 9.23. The number of benzene rings is 1. The van der Waals surface area contributed by atoms with Gasteiger partial charge in [-0.3, -0.25) is 9.59 Å². The van der Waals surface area contributed by atoms with Gasteiger partial charge in [-0.2, -0.15) is 0 Å². The number of anilines is 1. The maximum atomic E-state index is 12.4. The number of furan rings is 1. The minimum absolute atomic E-state index is 0.0410. The van der Waals surface area contributed by atoms with Crippen molar-refractivity contribution in [1.29, 1.82) is 0 Å². The molecular formula is C21H25NO5. The van der Waals surface area contributed by atoms with E-state index in [4.69, 9.17) is 13.9 Å². The fraction of sp³-hybridized carbons (Fsp3) is 0.429. The van der Waals surface area contributed by atoms with Gasteiger partial charge in [-0.1, -0.05) is 0 Å². The van der Waals surface area contributed by atoms with Gasteiger partial charge in [0, 0.05) is 30.9 Å². The molecule has 2 heterocycles. The van der Waals surface area contributed by atoms with E-state index in [-0.39, 0.29) is 24.2 Å². The van der Waals surface area contributed by atoms with Gasteiger partial charge in [-0.15, -0.1) is 0 Å². The van der Waals surface area contributed by atoms with Crippen LogP contribution in [0.15, 0.2) is 22.6 Å². The molecule has 0 saturated carbocycles. The summed E-state index contributed by atoms with van der Waals surface area (Å²) in [6.45, 7) is 7.68. The number of Topliss-reactive ketones (excluding diaryl/α,β-unsaturated/α-hetero) is 1. The fourth-order valence-electron chi connectivity index (χ4n) is 3.28. The number of nitrogens with one attached hydrogen (secondary N) is 1. The number of hydrogen-bond acceptors (Lipinski definition) is 5. The molecular weight excluding hydrogens is 346 g/mol. The van der Waals surface area contributed by atoms with E-state index >= 15 is 0 Å². The number of hydrogen-bond donors (Lipinski definition) is 1. The molecule has 1 N–H and O–H groups in total. The Labute approximate surface area is 158 Å². The molecule has 0 radical (unpaired) electrons. The second-order valence-corrected chi connectivity index (χ2v) is 6.81. The number of rotatable bonds is 7. The number of ketones is 1. The van der Waals surface area contributed by atoms with Gasteiger partial charge in [0.15, 0.2) is 5.78 Å². The van der Waals surface area contributed by atoms with E-state index in [0.29, 0.717) is 41.5 Å². The molecule has 144 valence electrons. The molecule has 6 heteroatoms. The predicted molar refractivity (Wildman–Crippen MR) is 102 cm³/mol. The zero-order valence-electron chi connectivity index (χ0n) is 16.2. The highest BCUT2D eigenvalue weighted by Gasteiger charge is 2.22. The van der Waals surface area contributed by atoms with Crippen molar-refractivity contribution in [3.8, 4) is 11.5 Å². The van der Waals surface area contributed by atoms with Crippen molar-refractivity contribution in [2.24, 2.45) is 0 Å². The van der Waals surface area contributed by atoms with Gasteiger partial charge in [0.1, 0.15) is 29.1 Å². The Balaban J connectivity index is 1.68. The molecule has 0 bridgehead atoms. The number of carbonyl (C=O) groups is 2. The summed E-state index contributed by atoms with van der Waals surface area (Å²) in [7, 11) is 0. The van der Waals surface area contributed by atoms with Gasteiger partial charge < -0.3 is 19.2 Å². The number of amides is 1. The van der Waals surface area contributed by atoms with E-state index in [0.717, 1.165) is 17.7 Å². The van der Waals surface area contributed by atoms with Crippen LogP contribution in [0.25, 0.3) is 0 Å². The summed E-state index contributed by atoms with van der Waals surface area (Å²) in [4.78, 5) is 23.9. The van der Waals surface area contributed by atoms with Crippen LogP contribution in [0.2, 0.25) is 0 Å². The van der Waals surface area contributed by atoms with Crippen LogP contribution in [0, 0.1) is 6.92 Å². The molecule has 2 aromatic rings. The summed E-state index contributed by atoms with van der Waals surface area (Å²) in [6.07, 6.45) is 1.62. The molecule has 1 unspecified atom stereocenters. The van der Waals surface area contributed by atoms with E-state index in [1.165, 1.54) is 6.92 Å². The molecule has 0 aliphatic carbocycles. The smallest absolute Gasteiger partial charge is 0.224 e. The molecule has 0 fully saturated rings. The van der Waals surface area contributed by atoms with Crippen LogP contribution in [-0.4, -0.2) is 24.4 Å². The lowest BCUT2D eigenvalue weighted by molar-refractivity contribution is -0.116. The van der Waals surface area contributed by atoms with Crippen LogP contribution < -0.4 is 14.8 Å². The number of carbonyl (C=O) groups excluding carboxylic acids is 2. The third-order valence-electron chi connectivity index (χ3n) is 4.52. The summed E-state index contributed by atoms with van der Waals surface area (Å²) in [5.41, 5.74) is 2.26. The summed E-state index contributed by atoms with van der Waals surface area (Å²) in [5.74, 6) is 2.45. The Kier molecular flexibility index (Phi) is 5.54. The maximum Gasteiger partial charge on any atom is 0.224 e. The van der Waals surface area contributed by atoms with Crippen LogP contribution in [0.4, 0.5) is 5.69 Å². The van der Waals surface area contributed by atoms with Crippen LogP contribution in [-0.2, 0) is 17.6 Å². The number of aryl methyl sites for hydroxylation is 2. The van der Waals surface area contributed by atoms with E-state index in [1.54, 1.807) is 13.0 Å². The summed E-state index contributed by atoms with van der Waals surface area (Å²) < 4.78 is 17.0. The van der Waals surface area contributed by atoms with Crippen LogP contribution in [0.3, 0.4) is 0 Å². The maximum absolute atomic E-state index is 12.4. The zero-order valence-corrected chi connectivity index (χ0v) is 16.2. The Hall–Kier alpha value is -2.76. The molecule has 0 spiro atoms. The van der Waals surface area contributed by atoms with Crippen molar-refractivity contribution in [3.63, 3.8) is 0 Å². The highest BCUT2D eigenvalue weighted by Crippen LogP contribution is 2.38. The predicted octanol–water partition coefficient (Wildman–Crippen LogP) is 4.08. The van der Waals surface area contributed by atoms with Crippen molar-refractivity contribution < 1.29 is 23.5 Å². The Morgan fingerprint density at radius 1 is 1.30 bits per heavy atom. The lowest BCUT2D eigenvalue weighted by Crippen LogP contribution is -2.13. The van der Waals surface area contributed by atoms with Crippen molar-refractivity contribution in [3.05, 3.63) is 40.8 Å². The van der Waals surface area contributed by atoms with E-state index in [1.807, 2.05) is 26.0 Å². The van der Waals surface area contributed by atoms with Gasteiger partial charge in [-0.25, -0.2) is 0 Å². The fourth-order valence-corrected chi connectivity index (χ4v) is 3.28. The lowest BCUT2D eigenvalue weighted by atomic mass is 10.1. The Morgan fingerprint density at radius 3 is 2.74 bits per heavy atom. The lowest BCUT2D eigenvalue weighted by Gasteiger charge is -2.13. The molecule has 1 aliphatic heterocycles. The molecule has 3 rings (SSSR count). The molecule has 0 saturated heterocycles. The number of fused-ring (bicyclic) bond motifs is 1. The average Bonchev–Trinajstić information content (AvgIpc) is 3.14. The first-order valence-electron chi connectivity index (χ1n) is 9.23. The highest BCUT2D eigenvalue weighted by molar-refractivity contribution is 5.95. The standard InChI is InChI=1S/C21H25NO5/c1-5-25-20-9-15-8-12(2)26-19(15)11-18(20)22-21(24)7-6-16-10-17(13(3)23)14(4)27-16/h9-12H,5-8H2,1-4H3,(H,22,24). The van der Waals surface area contributed by atoms with Gasteiger partial charge in [-0.05, 0) is 39.8 Å². The first kappa shape index (κ1) is 19.0. The molecule has 1 aromatic heterocycles. The van der Waals surface area contributed by atoms with Crippen molar-refractivity contribution in [1.82, 2.24) is 0 Å². The van der Waals surface area contributed by atoms with Gasteiger partial charge in [0.2, 0.25) is 5.91 Å². The quantitative estimate of drug-likeness (QED) is 0.742. The van der Waals surface area contributed by atoms with E-state index < -0.39 is 0 Å². The minimum atomic E-state index is -0.152. The average molecular weight is 371 g/mol. The summed E-state index contributed by atoms with van der Waals surface area (Å²) in [5, 5.41) is 2.90. The molecule has 6 nitrogen and oxygen atoms in total. The molecule has 27 heavy (non-hydrogen) atoms. The zero-order chi connectivity index (χ0) is 19.6. The molecule has 1 atom stereocenters. The van der Waals surface area contributed by atoms with Crippen molar-refractivity contribution >= 4 is 17.4 Å². The van der Waals surface area contributed by atoms with Crippen LogP contribution >= 0.6 is 0 Å². The largest absolute Gasteiger partial charge is 0.492 e. The van der Waals surface area contributed by atoms with Gasteiger partial charge in [0.05, 0.1) is 17.9 Å². The first-order chi connectivity index (χ1) is 12.9.